The summed E-state index contributed by atoms with van der Waals surface area (Å²) in [6.45, 7) is 2.92. The zero-order chi connectivity index (χ0) is 25.3. The van der Waals surface area contributed by atoms with Crippen LogP contribution < -0.4 is 10.6 Å². The molecule has 1 fully saturated rings. The van der Waals surface area contributed by atoms with Gasteiger partial charge in [-0.1, -0.05) is 43.5 Å². The predicted molar refractivity (Wildman–Crippen MR) is 145 cm³/mol. The molecule has 1 aliphatic rings. The van der Waals surface area contributed by atoms with Gasteiger partial charge in [-0.2, -0.15) is 0 Å². The number of aromatic amines is 2. The molecular formula is C29H35N7O. The number of anilines is 1. The van der Waals surface area contributed by atoms with Gasteiger partial charge < -0.3 is 20.6 Å². The number of aromatic nitrogens is 4. The molecule has 0 spiro atoms. The molecule has 0 saturated heterocycles. The van der Waals surface area contributed by atoms with Crippen molar-refractivity contribution >= 4 is 11.6 Å². The van der Waals surface area contributed by atoms with Crippen molar-refractivity contribution in [1.29, 1.82) is 0 Å². The van der Waals surface area contributed by atoms with Gasteiger partial charge in [-0.15, -0.1) is 0 Å². The van der Waals surface area contributed by atoms with Crippen molar-refractivity contribution in [3.05, 3.63) is 102 Å². The summed E-state index contributed by atoms with van der Waals surface area (Å²) in [5, 5.41) is 6.68. The molecule has 2 heterocycles. The van der Waals surface area contributed by atoms with Gasteiger partial charge in [0.25, 0.3) is 5.91 Å². The fraction of sp³-hybridized carbons (Fsp3) is 0.345. The molecule has 8 heteroatoms. The van der Waals surface area contributed by atoms with Crippen molar-refractivity contribution in [2.45, 2.75) is 64.3 Å². The van der Waals surface area contributed by atoms with Crippen molar-refractivity contribution in [1.82, 2.24) is 30.2 Å². The number of carbonyl (C=O) groups is 1. The lowest BCUT2D eigenvalue weighted by molar-refractivity contribution is 0.102. The fourth-order valence-corrected chi connectivity index (χ4v) is 4.86. The average molecular weight is 498 g/mol. The number of imidazole rings is 2. The normalized spacial score (nSPS) is 14.2. The molecule has 4 aromatic rings. The van der Waals surface area contributed by atoms with Crippen LogP contribution in [0.25, 0.3) is 0 Å². The molecule has 2 aromatic heterocycles. The highest BCUT2D eigenvalue weighted by atomic mass is 16.1. The standard InChI is InChI=1S/C29H35N7O/c37-29(35-26-12-8-22(9-13-26)18-34-25-4-2-1-3-5-25)24-10-6-23(7-11-24)19-36(20-27-30-14-15-31-27)21-28-32-16-17-33-28/h6-17,25,34H,1-5,18-21H2,(H,30,31)(H,32,33)(H,35,37). The van der Waals surface area contributed by atoms with Crippen LogP contribution in [0.5, 0.6) is 0 Å². The zero-order valence-electron chi connectivity index (χ0n) is 21.1. The maximum Gasteiger partial charge on any atom is 0.255 e. The van der Waals surface area contributed by atoms with Crippen molar-refractivity contribution in [3.63, 3.8) is 0 Å². The van der Waals surface area contributed by atoms with E-state index in [4.69, 9.17) is 0 Å². The first-order valence-corrected chi connectivity index (χ1v) is 13.1. The largest absolute Gasteiger partial charge is 0.348 e. The highest BCUT2D eigenvalue weighted by molar-refractivity contribution is 6.04. The van der Waals surface area contributed by atoms with Crippen LogP contribution in [-0.2, 0) is 26.2 Å². The molecule has 0 bridgehead atoms. The van der Waals surface area contributed by atoms with E-state index in [1.807, 2.05) is 48.8 Å². The van der Waals surface area contributed by atoms with Crippen LogP contribution in [0.4, 0.5) is 5.69 Å². The van der Waals surface area contributed by atoms with Gasteiger partial charge in [0.15, 0.2) is 0 Å². The number of nitrogens with one attached hydrogen (secondary N) is 4. The Morgan fingerprint density at radius 1 is 0.811 bits per heavy atom. The van der Waals surface area contributed by atoms with Crippen LogP contribution in [0.2, 0.25) is 0 Å². The topological polar surface area (TPSA) is 102 Å². The predicted octanol–water partition coefficient (Wildman–Crippen LogP) is 5.01. The van der Waals surface area contributed by atoms with Gasteiger partial charge in [0, 0.05) is 55.2 Å². The van der Waals surface area contributed by atoms with Crippen LogP contribution in [0.3, 0.4) is 0 Å². The number of H-pyrrole nitrogens is 2. The van der Waals surface area contributed by atoms with Gasteiger partial charge in [0.2, 0.25) is 0 Å². The summed E-state index contributed by atoms with van der Waals surface area (Å²) in [6, 6.07) is 16.5. The fourth-order valence-electron chi connectivity index (χ4n) is 4.86. The van der Waals surface area contributed by atoms with Gasteiger partial charge in [-0.25, -0.2) is 9.97 Å². The second-order valence-electron chi connectivity index (χ2n) is 9.78. The smallest absolute Gasteiger partial charge is 0.255 e. The van der Waals surface area contributed by atoms with Crippen molar-refractivity contribution in [2.24, 2.45) is 0 Å². The highest BCUT2D eigenvalue weighted by Crippen LogP contribution is 2.19. The summed E-state index contributed by atoms with van der Waals surface area (Å²) < 4.78 is 0. The first kappa shape index (κ1) is 24.9. The summed E-state index contributed by atoms with van der Waals surface area (Å²) >= 11 is 0. The number of rotatable bonds is 11. The SMILES string of the molecule is O=C(Nc1ccc(CNC2CCCCC2)cc1)c1ccc(CN(Cc2ncc[nH]2)Cc2ncc[nH]2)cc1. The van der Waals surface area contributed by atoms with E-state index in [9.17, 15) is 4.79 Å². The van der Waals surface area contributed by atoms with E-state index in [1.165, 1.54) is 37.7 Å². The third-order valence-electron chi connectivity index (χ3n) is 6.89. The monoisotopic (exact) mass is 497 g/mol. The summed E-state index contributed by atoms with van der Waals surface area (Å²) in [5.74, 6) is 1.69. The summed E-state index contributed by atoms with van der Waals surface area (Å²) in [6.07, 6.45) is 13.8. The molecule has 37 heavy (non-hydrogen) atoms. The maximum absolute atomic E-state index is 12.8. The summed E-state index contributed by atoms with van der Waals surface area (Å²) in [5.41, 5.74) is 3.79. The van der Waals surface area contributed by atoms with E-state index >= 15 is 0 Å². The molecule has 1 saturated carbocycles. The lowest BCUT2D eigenvalue weighted by Crippen LogP contribution is -2.30. The highest BCUT2D eigenvalue weighted by Gasteiger charge is 2.14. The van der Waals surface area contributed by atoms with Crippen LogP contribution in [0.1, 0.15) is 65.2 Å². The Labute approximate surface area is 217 Å². The molecule has 5 rings (SSSR count). The van der Waals surface area contributed by atoms with Crippen molar-refractivity contribution in [2.75, 3.05) is 5.32 Å². The molecular weight excluding hydrogens is 462 g/mol. The van der Waals surface area contributed by atoms with E-state index in [1.54, 1.807) is 12.4 Å². The quantitative estimate of drug-likeness (QED) is 0.233. The molecule has 0 radical (unpaired) electrons. The molecule has 2 aromatic carbocycles. The molecule has 0 atom stereocenters. The Kier molecular flexibility index (Phi) is 8.40. The Morgan fingerprint density at radius 2 is 1.43 bits per heavy atom. The van der Waals surface area contributed by atoms with Crippen LogP contribution in [0.15, 0.2) is 73.3 Å². The van der Waals surface area contributed by atoms with E-state index in [0.29, 0.717) is 31.2 Å². The molecule has 0 aliphatic heterocycles. The number of amides is 1. The summed E-state index contributed by atoms with van der Waals surface area (Å²) in [7, 11) is 0. The van der Waals surface area contributed by atoms with Crippen LogP contribution in [0, 0.1) is 0 Å². The zero-order valence-corrected chi connectivity index (χ0v) is 21.1. The van der Waals surface area contributed by atoms with Crippen LogP contribution >= 0.6 is 0 Å². The molecule has 1 amide bonds. The van der Waals surface area contributed by atoms with E-state index in [-0.39, 0.29) is 5.91 Å². The average Bonchev–Trinajstić information content (AvgIpc) is 3.64. The van der Waals surface area contributed by atoms with Gasteiger partial charge in [0.05, 0.1) is 13.1 Å². The Hall–Kier alpha value is -3.75. The number of carbonyl (C=O) groups excluding carboxylic acids is 1. The van der Waals surface area contributed by atoms with Crippen molar-refractivity contribution in [3.8, 4) is 0 Å². The molecule has 1 aliphatic carbocycles. The van der Waals surface area contributed by atoms with Gasteiger partial charge >= 0.3 is 0 Å². The number of benzene rings is 2. The lowest BCUT2D eigenvalue weighted by atomic mass is 9.95. The Morgan fingerprint density at radius 3 is 2.03 bits per heavy atom. The van der Waals surface area contributed by atoms with Crippen LogP contribution in [-0.4, -0.2) is 36.8 Å². The van der Waals surface area contributed by atoms with Gasteiger partial charge in [-0.05, 0) is 48.2 Å². The molecule has 4 N–H and O–H groups in total. The van der Waals surface area contributed by atoms with Gasteiger partial charge in [-0.3, -0.25) is 9.69 Å². The minimum atomic E-state index is -0.109. The second kappa shape index (κ2) is 12.5. The maximum atomic E-state index is 12.8. The van der Waals surface area contributed by atoms with E-state index in [2.05, 4.69) is 47.6 Å². The Balaban J connectivity index is 1.14. The molecule has 192 valence electrons. The van der Waals surface area contributed by atoms with Gasteiger partial charge in [0.1, 0.15) is 11.6 Å². The number of hydrogen-bond donors (Lipinski definition) is 4. The number of nitrogens with zero attached hydrogens (tertiary/aromatic N) is 3. The minimum Gasteiger partial charge on any atom is -0.348 e. The number of hydrogen-bond acceptors (Lipinski definition) is 5. The van der Waals surface area contributed by atoms with Crippen molar-refractivity contribution < 1.29 is 4.79 Å². The minimum absolute atomic E-state index is 0.109. The third-order valence-corrected chi connectivity index (χ3v) is 6.89. The second-order valence-corrected chi connectivity index (χ2v) is 9.78. The Bertz CT molecular complexity index is 1180. The lowest BCUT2D eigenvalue weighted by Gasteiger charge is -2.22. The van der Waals surface area contributed by atoms with E-state index in [0.717, 1.165) is 29.4 Å². The molecule has 0 unspecified atom stereocenters. The summed E-state index contributed by atoms with van der Waals surface area (Å²) in [4.78, 5) is 30.1. The first-order valence-electron chi connectivity index (χ1n) is 13.1. The van der Waals surface area contributed by atoms with E-state index < -0.39 is 0 Å². The first-order chi connectivity index (χ1) is 18.2. The molecule has 8 nitrogen and oxygen atoms in total. The third kappa shape index (κ3) is 7.38.